The monoisotopic (exact) mass is 286 g/mol. The first kappa shape index (κ1) is 13.7. The summed E-state index contributed by atoms with van der Waals surface area (Å²) in [7, 11) is -2.98. The molecule has 1 aromatic rings. The van der Waals surface area contributed by atoms with Gasteiger partial charge < -0.3 is 5.32 Å². The summed E-state index contributed by atoms with van der Waals surface area (Å²) in [6.45, 7) is 7.01. The normalized spacial score (nSPS) is 22.5. The van der Waals surface area contributed by atoms with Crippen LogP contribution in [0.25, 0.3) is 0 Å². The van der Waals surface area contributed by atoms with Gasteiger partial charge in [0.15, 0.2) is 9.84 Å². The van der Waals surface area contributed by atoms with Gasteiger partial charge in [0.05, 0.1) is 11.4 Å². The van der Waals surface area contributed by atoms with Crippen LogP contribution in [0.4, 0.5) is 0 Å². The van der Waals surface area contributed by atoms with Gasteiger partial charge in [-0.25, -0.2) is 13.4 Å². The van der Waals surface area contributed by atoms with Gasteiger partial charge in [0, 0.05) is 28.8 Å². The number of sulfone groups is 1. The van der Waals surface area contributed by atoms with E-state index in [2.05, 4.69) is 36.5 Å². The Balaban J connectivity index is 1.92. The Bertz CT molecular complexity index is 553. The van der Waals surface area contributed by atoms with E-state index in [0.29, 0.717) is 6.54 Å². The molecule has 0 aromatic carbocycles. The third-order valence-electron chi connectivity index (χ3n) is 2.77. The highest BCUT2D eigenvalue weighted by Gasteiger charge is 2.22. The molecule has 0 saturated carbocycles. The van der Waals surface area contributed by atoms with Gasteiger partial charge >= 0.3 is 0 Å². The van der Waals surface area contributed by atoms with E-state index in [0.717, 1.165) is 10.7 Å². The predicted molar refractivity (Wildman–Crippen MR) is 74.4 cm³/mol. The van der Waals surface area contributed by atoms with Crippen LogP contribution in [0, 0.1) is 0 Å². The Labute approximate surface area is 112 Å². The summed E-state index contributed by atoms with van der Waals surface area (Å²) in [4.78, 5) is 4.56. The lowest BCUT2D eigenvalue weighted by atomic mass is 9.93. The van der Waals surface area contributed by atoms with Crippen LogP contribution in [-0.4, -0.2) is 25.2 Å². The molecule has 1 unspecified atom stereocenters. The lowest BCUT2D eigenvalue weighted by Gasteiger charge is -2.14. The van der Waals surface area contributed by atoms with Crippen LogP contribution in [0.1, 0.15) is 31.5 Å². The van der Waals surface area contributed by atoms with Gasteiger partial charge in [0.2, 0.25) is 0 Å². The molecule has 0 amide bonds. The molecule has 18 heavy (non-hydrogen) atoms. The van der Waals surface area contributed by atoms with Crippen molar-refractivity contribution in [2.45, 2.75) is 38.8 Å². The molecule has 0 aliphatic carbocycles. The predicted octanol–water partition coefficient (Wildman–Crippen LogP) is 1.84. The van der Waals surface area contributed by atoms with Gasteiger partial charge in [-0.2, -0.15) is 0 Å². The fourth-order valence-electron chi connectivity index (χ4n) is 1.66. The van der Waals surface area contributed by atoms with Gasteiger partial charge in [-0.15, -0.1) is 11.3 Å². The SMILES string of the molecule is CC(C)(C)c1csc(CNC2C=CS(=O)(=O)C2)n1. The van der Waals surface area contributed by atoms with Crippen molar-refractivity contribution in [3.63, 3.8) is 0 Å². The number of hydrogen-bond acceptors (Lipinski definition) is 5. The molecule has 0 spiro atoms. The topological polar surface area (TPSA) is 59.1 Å². The lowest BCUT2D eigenvalue weighted by Crippen LogP contribution is -2.29. The van der Waals surface area contributed by atoms with Crippen molar-refractivity contribution in [3.8, 4) is 0 Å². The van der Waals surface area contributed by atoms with Gasteiger partial charge in [-0.3, -0.25) is 0 Å². The molecular weight excluding hydrogens is 268 g/mol. The van der Waals surface area contributed by atoms with Crippen LogP contribution in [0.3, 0.4) is 0 Å². The second kappa shape index (κ2) is 4.75. The molecule has 6 heteroatoms. The molecule has 0 radical (unpaired) electrons. The quantitative estimate of drug-likeness (QED) is 0.921. The van der Waals surface area contributed by atoms with Crippen molar-refractivity contribution < 1.29 is 8.42 Å². The maximum Gasteiger partial charge on any atom is 0.173 e. The van der Waals surface area contributed by atoms with Crippen LogP contribution in [-0.2, 0) is 21.8 Å². The van der Waals surface area contributed by atoms with Gasteiger partial charge in [0.25, 0.3) is 0 Å². The van der Waals surface area contributed by atoms with E-state index in [1.54, 1.807) is 17.4 Å². The summed E-state index contributed by atoms with van der Waals surface area (Å²) in [5.41, 5.74) is 1.14. The minimum Gasteiger partial charge on any atom is -0.303 e. The number of nitrogens with one attached hydrogen (secondary N) is 1. The zero-order valence-corrected chi connectivity index (χ0v) is 12.4. The molecular formula is C12H18N2O2S2. The fourth-order valence-corrected chi connectivity index (χ4v) is 3.90. The molecule has 2 rings (SSSR count). The average Bonchev–Trinajstić information content (AvgIpc) is 2.80. The highest BCUT2D eigenvalue weighted by atomic mass is 32.2. The molecule has 1 aromatic heterocycles. The zero-order valence-electron chi connectivity index (χ0n) is 10.8. The second-order valence-electron chi connectivity index (χ2n) is 5.52. The summed E-state index contributed by atoms with van der Waals surface area (Å²) >= 11 is 1.61. The molecule has 1 N–H and O–H groups in total. The third-order valence-corrected chi connectivity index (χ3v) is 5.01. The number of nitrogens with zero attached hydrogens (tertiary/aromatic N) is 1. The number of thiazole rings is 1. The molecule has 0 fully saturated rings. The summed E-state index contributed by atoms with van der Waals surface area (Å²) in [6.07, 6.45) is 1.70. The van der Waals surface area contributed by atoms with Crippen LogP contribution >= 0.6 is 11.3 Å². The molecule has 1 aliphatic heterocycles. The van der Waals surface area contributed by atoms with Crippen molar-refractivity contribution in [2.75, 3.05) is 5.75 Å². The van der Waals surface area contributed by atoms with Crippen LogP contribution in [0.2, 0.25) is 0 Å². The second-order valence-corrected chi connectivity index (χ2v) is 8.40. The number of aromatic nitrogens is 1. The highest BCUT2D eigenvalue weighted by molar-refractivity contribution is 7.94. The first-order chi connectivity index (χ1) is 8.26. The molecule has 4 nitrogen and oxygen atoms in total. The fraction of sp³-hybridized carbons (Fsp3) is 0.583. The van der Waals surface area contributed by atoms with Gasteiger partial charge in [0.1, 0.15) is 5.01 Å². The first-order valence-electron chi connectivity index (χ1n) is 5.85. The van der Waals surface area contributed by atoms with Crippen LogP contribution in [0.5, 0.6) is 0 Å². The number of hydrogen-bond donors (Lipinski definition) is 1. The minimum atomic E-state index is -2.98. The third kappa shape index (κ3) is 3.40. The standard InChI is InChI=1S/C12H18N2O2S2/c1-12(2,3)10-7-17-11(14-10)6-13-9-4-5-18(15,16)8-9/h4-5,7,9,13H,6,8H2,1-3H3. The smallest absolute Gasteiger partial charge is 0.173 e. The van der Waals surface area contributed by atoms with E-state index >= 15 is 0 Å². The average molecular weight is 286 g/mol. The van der Waals surface area contributed by atoms with E-state index in [4.69, 9.17) is 0 Å². The Hall–Kier alpha value is -0.720. The van der Waals surface area contributed by atoms with Gasteiger partial charge in [-0.1, -0.05) is 26.8 Å². The molecule has 0 bridgehead atoms. The van der Waals surface area contributed by atoms with E-state index in [-0.39, 0.29) is 17.2 Å². The van der Waals surface area contributed by atoms with E-state index < -0.39 is 9.84 Å². The van der Waals surface area contributed by atoms with Crippen molar-refractivity contribution in [1.29, 1.82) is 0 Å². The van der Waals surface area contributed by atoms with E-state index in [9.17, 15) is 8.42 Å². The summed E-state index contributed by atoms with van der Waals surface area (Å²) in [6, 6.07) is -0.0861. The van der Waals surface area contributed by atoms with Crippen molar-refractivity contribution >= 4 is 21.2 Å². The maximum absolute atomic E-state index is 11.2. The lowest BCUT2D eigenvalue weighted by molar-refractivity contribution is 0.565. The largest absolute Gasteiger partial charge is 0.303 e. The molecule has 1 atom stereocenters. The van der Waals surface area contributed by atoms with Crippen molar-refractivity contribution in [3.05, 3.63) is 27.6 Å². The van der Waals surface area contributed by atoms with Crippen LogP contribution < -0.4 is 5.32 Å². The van der Waals surface area contributed by atoms with Crippen molar-refractivity contribution in [1.82, 2.24) is 10.3 Å². The zero-order chi connectivity index (χ0) is 13.4. The van der Waals surface area contributed by atoms with Crippen LogP contribution in [0.15, 0.2) is 16.9 Å². The Morgan fingerprint density at radius 2 is 2.22 bits per heavy atom. The summed E-state index contributed by atoms with van der Waals surface area (Å²) in [5, 5.41) is 7.55. The molecule has 2 heterocycles. The van der Waals surface area contributed by atoms with Gasteiger partial charge in [-0.05, 0) is 0 Å². The Morgan fingerprint density at radius 3 is 2.72 bits per heavy atom. The number of rotatable bonds is 3. The summed E-state index contributed by atoms with van der Waals surface area (Å²) < 4.78 is 22.5. The Morgan fingerprint density at radius 1 is 1.50 bits per heavy atom. The highest BCUT2D eigenvalue weighted by Crippen LogP contribution is 2.23. The van der Waals surface area contributed by atoms with E-state index in [1.165, 1.54) is 5.41 Å². The molecule has 100 valence electrons. The maximum atomic E-state index is 11.2. The Kier molecular flexibility index (Phi) is 3.62. The summed E-state index contributed by atoms with van der Waals surface area (Å²) in [5.74, 6) is 0.157. The molecule has 0 saturated heterocycles. The van der Waals surface area contributed by atoms with Crippen molar-refractivity contribution in [2.24, 2.45) is 0 Å². The first-order valence-corrected chi connectivity index (χ1v) is 8.45. The van der Waals surface area contributed by atoms with E-state index in [1.807, 2.05) is 0 Å². The molecule has 1 aliphatic rings. The minimum absolute atomic E-state index is 0.0609.